The zero-order chi connectivity index (χ0) is 23.7. The number of carbonyl (C=O) groups is 1. The van der Waals surface area contributed by atoms with E-state index in [4.69, 9.17) is 11.6 Å². The Morgan fingerprint density at radius 2 is 1.84 bits per heavy atom. The van der Waals surface area contributed by atoms with Crippen LogP contribution in [-0.2, 0) is 6.18 Å². The minimum absolute atomic E-state index is 0.132. The van der Waals surface area contributed by atoms with Crippen LogP contribution in [0.25, 0.3) is 5.82 Å². The third-order valence-electron chi connectivity index (χ3n) is 3.97. The summed E-state index contributed by atoms with van der Waals surface area (Å²) in [6.07, 6.45) is -2.54. The van der Waals surface area contributed by atoms with Crippen molar-refractivity contribution >= 4 is 29.3 Å². The number of hydrogen-bond acceptors (Lipinski definition) is 5. The number of amides is 1. The molecule has 0 bridgehead atoms. The van der Waals surface area contributed by atoms with Crippen molar-refractivity contribution in [2.45, 2.75) is 29.5 Å². The van der Waals surface area contributed by atoms with Gasteiger partial charge in [0.25, 0.3) is 5.91 Å². The molecule has 0 radical (unpaired) electrons. The molecule has 0 spiro atoms. The van der Waals surface area contributed by atoms with Gasteiger partial charge in [-0.1, -0.05) is 11.6 Å². The third-order valence-corrected chi connectivity index (χ3v) is 4.89. The molecule has 1 atom stereocenters. The second-order valence-electron chi connectivity index (χ2n) is 6.35. The summed E-state index contributed by atoms with van der Waals surface area (Å²) in [7, 11) is 0. The summed E-state index contributed by atoms with van der Waals surface area (Å²) in [5, 5.41) is 6.17. The normalized spacial score (nSPS) is 13.1. The van der Waals surface area contributed by atoms with E-state index in [0.29, 0.717) is 12.1 Å². The third kappa shape index (κ3) is 5.91. The second-order valence-corrected chi connectivity index (χ2v) is 7.93. The van der Waals surface area contributed by atoms with Gasteiger partial charge >= 0.3 is 11.7 Å². The Labute approximate surface area is 186 Å². The molecule has 32 heavy (non-hydrogen) atoms. The molecule has 1 N–H and O–H groups in total. The first-order chi connectivity index (χ1) is 14.8. The molecule has 6 nitrogen and oxygen atoms in total. The lowest BCUT2D eigenvalue weighted by molar-refractivity contribution is -0.137. The summed E-state index contributed by atoms with van der Waals surface area (Å²) in [4.78, 5) is 20.3. The largest absolute Gasteiger partial charge is 0.446 e. The van der Waals surface area contributed by atoms with Crippen LogP contribution in [0.5, 0.6) is 0 Å². The SMILES string of the molecule is C[C@H](NC(=O)c1cc(Cl)cc(C(F)(F)F)c1)c1ncnn1-c1ccc(SC(F)(F)F)cn1. The van der Waals surface area contributed by atoms with Crippen LogP contribution in [0.15, 0.2) is 47.8 Å². The highest BCUT2D eigenvalue weighted by Gasteiger charge is 2.32. The molecule has 2 aromatic heterocycles. The van der Waals surface area contributed by atoms with Crippen LogP contribution in [0.3, 0.4) is 0 Å². The zero-order valence-corrected chi connectivity index (χ0v) is 17.4. The minimum atomic E-state index is -4.69. The van der Waals surface area contributed by atoms with Gasteiger partial charge in [-0.05, 0) is 49.0 Å². The maximum atomic E-state index is 13.0. The Morgan fingerprint density at radius 3 is 2.44 bits per heavy atom. The van der Waals surface area contributed by atoms with Crippen LogP contribution in [-0.4, -0.2) is 31.2 Å². The number of halogens is 7. The van der Waals surface area contributed by atoms with Crippen LogP contribution in [0, 0.1) is 0 Å². The zero-order valence-electron chi connectivity index (χ0n) is 15.9. The first-order valence-corrected chi connectivity index (χ1v) is 9.83. The van der Waals surface area contributed by atoms with E-state index in [0.717, 1.165) is 18.6 Å². The number of carbonyl (C=O) groups excluding carboxylic acids is 1. The Balaban J connectivity index is 1.79. The first-order valence-electron chi connectivity index (χ1n) is 8.64. The van der Waals surface area contributed by atoms with Crippen molar-refractivity contribution in [2.24, 2.45) is 0 Å². The number of rotatable bonds is 5. The van der Waals surface area contributed by atoms with Gasteiger partial charge in [-0.3, -0.25) is 4.79 Å². The minimum Gasteiger partial charge on any atom is -0.342 e. The van der Waals surface area contributed by atoms with Crippen LogP contribution in [0.2, 0.25) is 5.02 Å². The fraction of sp³-hybridized carbons (Fsp3) is 0.222. The van der Waals surface area contributed by atoms with E-state index in [2.05, 4.69) is 20.4 Å². The van der Waals surface area contributed by atoms with Crippen LogP contribution in [0.1, 0.15) is 34.7 Å². The van der Waals surface area contributed by atoms with Gasteiger partial charge in [0, 0.05) is 21.7 Å². The molecule has 0 fully saturated rings. The van der Waals surface area contributed by atoms with Crippen molar-refractivity contribution < 1.29 is 31.1 Å². The molecule has 0 unspecified atom stereocenters. The topological polar surface area (TPSA) is 72.7 Å². The van der Waals surface area contributed by atoms with E-state index in [1.54, 1.807) is 0 Å². The average Bonchev–Trinajstić information content (AvgIpc) is 3.16. The predicted octanol–water partition coefficient (Wildman–Crippen LogP) is 5.44. The Morgan fingerprint density at radius 1 is 1.12 bits per heavy atom. The first kappa shape index (κ1) is 23.9. The summed E-state index contributed by atoms with van der Waals surface area (Å²) in [6, 6.07) is 4.08. The molecule has 0 aliphatic rings. The number of alkyl halides is 6. The molecule has 3 aromatic rings. The van der Waals surface area contributed by atoms with Crippen LogP contribution in [0.4, 0.5) is 26.3 Å². The summed E-state index contributed by atoms with van der Waals surface area (Å²) < 4.78 is 77.5. The highest BCUT2D eigenvalue weighted by atomic mass is 35.5. The number of aromatic nitrogens is 4. The Hall–Kier alpha value is -2.80. The fourth-order valence-electron chi connectivity index (χ4n) is 2.64. The van der Waals surface area contributed by atoms with E-state index in [9.17, 15) is 31.1 Å². The van der Waals surface area contributed by atoms with Crippen molar-refractivity contribution in [3.05, 3.63) is 64.8 Å². The molecule has 1 aromatic carbocycles. The average molecular weight is 496 g/mol. The molecule has 0 aliphatic heterocycles. The van der Waals surface area contributed by atoms with Gasteiger partial charge in [-0.25, -0.2) is 9.97 Å². The lowest BCUT2D eigenvalue weighted by atomic mass is 10.1. The number of thioether (sulfide) groups is 1. The highest BCUT2D eigenvalue weighted by molar-refractivity contribution is 8.00. The number of hydrogen-bond donors (Lipinski definition) is 1. The fourth-order valence-corrected chi connectivity index (χ4v) is 3.39. The second kappa shape index (κ2) is 8.98. The highest BCUT2D eigenvalue weighted by Crippen LogP contribution is 2.36. The van der Waals surface area contributed by atoms with Gasteiger partial charge in [-0.2, -0.15) is 36.1 Å². The Bertz CT molecular complexity index is 1120. The summed E-state index contributed by atoms with van der Waals surface area (Å²) >= 11 is 5.38. The lowest BCUT2D eigenvalue weighted by Crippen LogP contribution is -2.29. The van der Waals surface area contributed by atoms with Crippen molar-refractivity contribution in [3.8, 4) is 5.82 Å². The van der Waals surface area contributed by atoms with Crippen LogP contribution < -0.4 is 5.32 Å². The number of nitrogens with zero attached hydrogens (tertiary/aromatic N) is 4. The van der Waals surface area contributed by atoms with E-state index < -0.39 is 29.2 Å². The number of nitrogens with one attached hydrogen (secondary N) is 1. The smallest absolute Gasteiger partial charge is 0.342 e. The molecule has 3 rings (SSSR count). The molecule has 0 aliphatic carbocycles. The van der Waals surface area contributed by atoms with E-state index in [-0.39, 0.29) is 38.9 Å². The van der Waals surface area contributed by atoms with Gasteiger partial charge < -0.3 is 5.32 Å². The molecular weight excluding hydrogens is 484 g/mol. The van der Waals surface area contributed by atoms with Crippen molar-refractivity contribution in [1.82, 2.24) is 25.1 Å². The Kier molecular flexibility index (Phi) is 6.69. The maximum Gasteiger partial charge on any atom is 0.446 e. The molecular formula is C18H12ClF6N5OS. The van der Waals surface area contributed by atoms with Gasteiger partial charge in [0.15, 0.2) is 11.6 Å². The standard InChI is InChI=1S/C18H12ClF6N5OS/c1-9(29-16(31)10-4-11(17(20,21)22)6-12(19)5-10)15-27-8-28-30(15)14-3-2-13(7-26-14)32-18(23,24)25/h2-9H,1H3,(H,29,31)/t9-/m0/s1. The molecule has 0 saturated carbocycles. The van der Waals surface area contributed by atoms with Gasteiger partial charge in [0.2, 0.25) is 0 Å². The molecule has 0 saturated heterocycles. The maximum absolute atomic E-state index is 13.0. The van der Waals surface area contributed by atoms with E-state index in [1.165, 1.54) is 23.7 Å². The van der Waals surface area contributed by atoms with Crippen LogP contribution >= 0.6 is 23.4 Å². The molecule has 14 heteroatoms. The van der Waals surface area contributed by atoms with E-state index in [1.807, 2.05) is 0 Å². The van der Waals surface area contributed by atoms with Gasteiger partial charge in [0.05, 0.1) is 11.6 Å². The lowest BCUT2D eigenvalue weighted by Gasteiger charge is -2.15. The van der Waals surface area contributed by atoms with Gasteiger partial charge in [-0.15, -0.1) is 0 Å². The van der Waals surface area contributed by atoms with Crippen molar-refractivity contribution in [3.63, 3.8) is 0 Å². The summed E-state index contributed by atoms with van der Waals surface area (Å²) in [5.74, 6) is -0.558. The van der Waals surface area contributed by atoms with Crippen molar-refractivity contribution in [1.29, 1.82) is 0 Å². The monoisotopic (exact) mass is 495 g/mol. The number of benzene rings is 1. The van der Waals surface area contributed by atoms with Gasteiger partial charge in [0.1, 0.15) is 6.33 Å². The van der Waals surface area contributed by atoms with Crippen molar-refractivity contribution in [2.75, 3.05) is 0 Å². The van der Waals surface area contributed by atoms with E-state index >= 15 is 0 Å². The summed E-state index contributed by atoms with van der Waals surface area (Å²) in [5.41, 5.74) is -5.85. The summed E-state index contributed by atoms with van der Waals surface area (Å²) in [6.45, 7) is 1.50. The number of pyridine rings is 1. The predicted molar refractivity (Wildman–Crippen MR) is 103 cm³/mol. The molecule has 170 valence electrons. The molecule has 1 amide bonds. The molecule has 2 heterocycles. The quantitative estimate of drug-likeness (QED) is 0.377.